The summed E-state index contributed by atoms with van der Waals surface area (Å²) >= 11 is 0. The van der Waals surface area contributed by atoms with Gasteiger partial charge in [-0.05, 0) is 83.1 Å². The number of esters is 4. The molecule has 0 aromatic heterocycles. The van der Waals surface area contributed by atoms with Gasteiger partial charge in [-0.3, -0.25) is 19.2 Å². The number of hydrogen-bond donors (Lipinski definition) is 0. The van der Waals surface area contributed by atoms with Crippen LogP contribution in [-0.4, -0.2) is 99.9 Å². The van der Waals surface area contributed by atoms with Crippen LogP contribution in [0.15, 0.2) is 0 Å². The average Bonchev–Trinajstić information content (AvgIpc) is 2.96. The van der Waals surface area contributed by atoms with Crippen molar-refractivity contribution in [3.05, 3.63) is 0 Å². The van der Waals surface area contributed by atoms with Crippen molar-refractivity contribution in [3.8, 4) is 0 Å². The van der Waals surface area contributed by atoms with Gasteiger partial charge in [0.1, 0.15) is 21.7 Å². The summed E-state index contributed by atoms with van der Waals surface area (Å²) < 4.78 is 54.1. The third kappa shape index (κ3) is 9.53. The van der Waals surface area contributed by atoms with Gasteiger partial charge in [-0.25, -0.2) is 0 Å². The Morgan fingerprint density at radius 1 is 0.326 bits per heavy atom. The van der Waals surface area contributed by atoms with Crippen LogP contribution in [-0.2, 0) is 66.5 Å². The van der Waals surface area contributed by atoms with E-state index in [1.165, 1.54) is 0 Å². The summed E-state index contributed by atoms with van der Waals surface area (Å²) in [6.07, 6.45) is 0. The molecule has 4 saturated heterocycles. The molecule has 4 fully saturated rings. The van der Waals surface area contributed by atoms with E-state index in [1.807, 2.05) is 0 Å². The summed E-state index contributed by atoms with van der Waals surface area (Å²) in [6.45, 7) is 21.8. The molecule has 0 radical (unpaired) electrons. The molecule has 0 N–H and O–H groups in total. The van der Waals surface area contributed by atoms with Crippen molar-refractivity contribution in [1.82, 2.24) is 0 Å². The van der Waals surface area contributed by atoms with Crippen LogP contribution in [0.2, 0.25) is 0 Å². The van der Waals surface area contributed by atoms with Crippen molar-refractivity contribution in [2.75, 3.05) is 52.9 Å². The van der Waals surface area contributed by atoms with Gasteiger partial charge in [0.15, 0.2) is 23.1 Å². The maximum absolute atomic E-state index is 12.4. The van der Waals surface area contributed by atoms with Gasteiger partial charge < -0.3 is 47.4 Å². The molecule has 4 heterocycles. The average molecular weight is 661 g/mol. The summed E-state index contributed by atoms with van der Waals surface area (Å²) in [7, 11) is 0. The van der Waals surface area contributed by atoms with Crippen molar-refractivity contribution in [1.29, 1.82) is 0 Å². The molecule has 4 rings (SSSR count). The summed E-state index contributed by atoms with van der Waals surface area (Å²) in [4.78, 5) is 49.5. The Labute approximate surface area is 271 Å². The zero-order valence-corrected chi connectivity index (χ0v) is 29.4. The molecular formula is C32H52O14. The Morgan fingerprint density at radius 2 is 0.457 bits per heavy atom. The van der Waals surface area contributed by atoms with Crippen molar-refractivity contribution in [2.24, 2.45) is 21.7 Å². The smallest absolute Gasteiger partial charge is 0.324 e. The predicted molar refractivity (Wildman–Crippen MR) is 159 cm³/mol. The number of ether oxygens (including phenoxy) is 10. The Hall–Kier alpha value is -2.04. The quantitative estimate of drug-likeness (QED) is 0.319. The highest BCUT2D eigenvalue weighted by molar-refractivity contribution is 5.92. The number of carbonyl (C=O) groups excluding carboxylic acids is 4. The second-order valence-corrected chi connectivity index (χ2v) is 15.5. The first-order valence-electron chi connectivity index (χ1n) is 15.4. The zero-order chi connectivity index (χ0) is 35.0. The SMILES string of the molecule is CC1(C)OCC(C)(C(=O)OC(=O)C2(C)COC(C)(C)OC2)CO1.CC1(C)OCC(C)(C(=O)OC(=O)C2(C)COC(C)(C)OC2)CO1. The second-order valence-electron chi connectivity index (χ2n) is 15.5. The lowest BCUT2D eigenvalue weighted by Crippen LogP contribution is -2.53. The Balaban J connectivity index is 0.000000250. The first-order valence-corrected chi connectivity index (χ1v) is 15.4. The largest absolute Gasteiger partial charge is 0.392 e. The van der Waals surface area contributed by atoms with E-state index in [0.717, 1.165) is 0 Å². The third-order valence-electron chi connectivity index (χ3n) is 8.25. The van der Waals surface area contributed by atoms with E-state index in [2.05, 4.69) is 0 Å². The van der Waals surface area contributed by atoms with E-state index in [1.54, 1.807) is 83.1 Å². The van der Waals surface area contributed by atoms with E-state index in [-0.39, 0.29) is 52.9 Å². The Morgan fingerprint density at radius 3 is 0.587 bits per heavy atom. The normalized spacial score (nSPS) is 27.9. The highest BCUT2D eigenvalue weighted by Crippen LogP contribution is 2.36. The minimum atomic E-state index is -1.02. The topological polar surface area (TPSA) is 161 Å². The first-order chi connectivity index (χ1) is 20.8. The summed E-state index contributed by atoms with van der Waals surface area (Å²) in [6, 6.07) is 0. The van der Waals surface area contributed by atoms with Crippen molar-refractivity contribution in [2.45, 2.75) is 106 Å². The molecule has 0 amide bonds. The van der Waals surface area contributed by atoms with E-state index in [9.17, 15) is 19.2 Å². The molecule has 264 valence electrons. The molecule has 0 aromatic rings. The second kappa shape index (κ2) is 13.1. The van der Waals surface area contributed by atoms with Crippen LogP contribution in [0.1, 0.15) is 83.1 Å². The van der Waals surface area contributed by atoms with Gasteiger partial charge >= 0.3 is 23.9 Å². The van der Waals surface area contributed by atoms with Crippen molar-refractivity contribution < 1.29 is 66.5 Å². The van der Waals surface area contributed by atoms with Crippen LogP contribution < -0.4 is 0 Å². The summed E-state index contributed by atoms with van der Waals surface area (Å²) in [5.74, 6) is -5.63. The fourth-order valence-corrected chi connectivity index (χ4v) is 4.13. The number of rotatable bonds is 4. The van der Waals surface area contributed by atoms with Gasteiger partial charge in [0, 0.05) is 0 Å². The molecular weight excluding hydrogens is 608 g/mol. The Bertz CT molecular complexity index is 951. The van der Waals surface area contributed by atoms with E-state index < -0.39 is 68.7 Å². The molecule has 0 saturated carbocycles. The number of hydrogen-bond acceptors (Lipinski definition) is 14. The maximum Gasteiger partial charge on any atom is 0.324 e. The fourth-order valence-electron chi connectivity index (χ4n) is 4.13. The molecule has 14 nitrogen and oxygen atoms in total. The van der Waals surface area contributed by atoms with Gasteiger partial charge in [-0.2, -0.15) is 0 Å². The highest BCUT2D eigenvalue weighted by Gasteiger charge is 2.50. The lowest BCUT2D eigenvalue weighted by Gasteiger charge is -2.41. The van der Waals surface area contributed by atoms with Crippen LogP contribution in [0.3, 0.4) is 0 Å². The molecule has 46 heavy (non-hydrogen) atoms. The van der Waals surface area contributed by atoms with Crippen LogP contribution in [0.25, 0.3) is 0 Å². The van der Waals surface area contributed by atoms with E-state index in [0.29, 0.717) is 0 Å². The first kappa shape index (κ1) is 38.4. The van der Waals surface area contributed by atoms with E-state index >= 15 is 0 Å². The standard InChI is InChI=1S/2C16H26O7/c2*1-13(2)19-7-15(5,8-20-13)11(17)23-12(18)16(6)9-21-14(3,4)22-10-16/h2*7-10H2,1-6H3. The van der Waals surface area contributed by atoms with Crippen LogP contribution in [0, 0.1) is 21.7 Å². The van der Waals surface area contributed by atoms with Crippen LogP contribution >= 0.6 is 0 Å². The van der Waals surface area contributed by atoms with Gasteiger partial charge in [0.25, 0.3) is 0 Å². The third-order valence-corrected chi connectivity index (χ3v) is 8.25. The van der Waals surface area contributed by atoms with Crippen molar-refractivity contribution in [3.63, 3.8) is 0 Å². The molecule has 0 spiro atoms. The minimum Gasteiger partial charge on any atom is -0.392 e. The lowest BCUT2D eigenvalue weighted by atomic mass is 9.90. The molecule has 0 unspecified atom stereocenters. The van der Waals surface area contributed by atoms with Crippen LogP contribution in [0.5, 0.6) is 0 Å². The molecule has 0 aliphatic carbocycles. The summed E-state index contributed by atoms with van der Waals surface area (Å²) in [5, 5.41) is 0. The zero-order valence-electron chi connectivity index (χ0n) is 29.4. The van der Waals surface area contributed by atoms with Crippen LogP contribution in [0.4, 0.5) is 0 Å². The molecule has 0 aromatic carbocycles. The molecule has 4 aliphatic heterocycles. The molecule has 0 atom stereocenters. The maximum atomic E-state index is 12.4. The highest BCUT2D eigenvalue weighted by atomic mass is 16.7. The number of carbonyl (C=O) groups is 4. The monoisotopic (exact) mass is 660 g/mol. The minimum absolute atomic E-state index is 0.128. The lowest BCUT2D eigenvalue weighted by molar-refractivity contribution is -0.287. The van der Waals surface area contributed by atoms with Gasteiger partial charge in [-0.1, -0.05) is 0 Å². The van der Waals surface area contributed by atoms with E-state index in [4.69, 9.17) is 47.4 Å². The predicted octanol–water partition coefficient (Wildman–Crippen LogP) is 3.27. The van der Waals surface area contributed by atoms with Gasteiger partial charge in [0.05, 0.1) is 52.9 Å². The summed E-state index contributed by atoms with van der Waals surface area (Å²) in [5.41, 5.74) is -4.07. The Kier molecular flexibility index (Phi) is 10.9. The molecule has 4 aliphatic rings. The molecule has 0 bridgehead atoms. The van der Waals surface area contributed by atoms with Gasteiger partial charge in [0.2, 0.25) is 0 Å². The van der Waals surface area contributed by atoms with Crippen molar-refractivity contribution >= 4 is 23.9 Å². The fraction of sp³-hybridized carbons (Fsp3) is 0.875. The molecule has 14 heteroatoms. The van der Waals surface area contributed by atoms with Gasteiger partial charge in [-0.15, -0.1) is 0 Å².